The molecule has 0 aliphatic heterocycles. The van der Waals surface area contributed by atoms with E-state index >= 15 is 0 Å². The Morgan fingerprint density at radius 2 is 1.22 bits per heavy atom. The summed E-state index contributed by atoms with van der Waals surface area (Å²) in [5.41, 5.74) is 13.5. The summed E-state index contributed by atoms with van der Waals surface area (Å²) in [7, 11) is 0. The van der Waals surface area contributed by atoms with Crippen LogP contribution < -0.4 is 4.57 Å². The van der Waals surface area contributed by atoms with E-state index < -0.39 is 0 Å². The first-order chi connectivity index (χ1) is 17.8. The van der Waals surface area contributed by atoms with E-state index in [2.05, 4.69) is 127 Å². The van der Waals surface area contributed by atoms with Crippen LogP contribution in [0.4, 0.5) is 0 Å². The highest BCUT2D eigenvalue weighted by Crippen LogP contribution is 2.40. The smallest absolute Gasteiger partial charge is 0.191 e. The molecule has 5 aromatic rings. The average Bonchev–Trinajstić information content (AvgIpc) is 2.96. The summed E-state index contributed by atoms with van der Waals surface area (Å²) in [6.45, 7) is 3.31. The van der Waals surface area contributed by atoms with Crippen molar-refractivity contribution >= 4 is 0 Å². The minimum Gasteiger partial charge on any atom is -0.191 e. The number of pyridine rings is 1. The molecule has 0 unspecified atom stereocenters. The van der Waals surface area contributed by atoms with Gasteiger partial charge >= 0.3 is 0 Å². The van der Waals surface area contributed by atoms with Crippen molar-refractivity contribution in [3.8, 4) is 44.8 Å². The molecule has 0 saturated heterocycles. The summed E-state index contributed by atoms with van der Waals surface area (Å²) in [5.74, 6) is 0. The van der Waals surface area contributed by atoms with E-state index in [1.165, 1.54) is 62.3 Å². The van der Waals surface area contributed by atoms with E-state index in [1.54, 1.807) is 0 Å². The highest BCUT2D eigenvalue weighted by atomic mass is 15.0. The van der Waals surface area contributed by atoms with Gasteiger partial charge in [-0.2, -0.15) is 4.57 Å². The number of fused-ring (bicyclic) bond motifs is 3. The highest BCUT2D eigenvalue weighted by molar-refractivity contribution is 5.82. The molecule has 1 heteroatoms. The fourth-order valence-corrected chi connectivity index (χ4v) is 5.63. The molecule has 0 saturated carbocycles. The first-order valence-electron chi connectivity index (χ1n) is 13.2. The minimum atomic E-state index is 1.02. The molecular weight excluding hydrogens is 434 g/mol. The van der Waals surface area contributed by atoms with Crippen molar-refractivity contribution in [2.24, 2.45) is 0 Å². The molecule has 0 radical (unpaired) electrons. The third-order valence-electron chi connectivity index (χ3n) is 7.46. The second-order valence-electron chi connectivity index (χ2n) is 9.75. The number of aryl methyl sites for hydroxylation is 1. The third-order valence-corrected chi connectivity index (χ3v) is 7.46. The Kier molecular flexibility index (Phi) is 6.22. The lowest BCUT2D eigenvalue weighted by molar-refractivity contribution is -0.676. The van der Waals surface area contributed by atoms with Gasteiger partial charge in [0.2, 0.25) is 11.4 Å². The molecule has 6 rings (SSSR count). The van der Waals surface area contributed by atoms with Crippen LogP contribution in [0.1, 0.15) is 30.9 Å². The normalized spacial score (nSPS) is 12.1. The number of unbranched alkanes of at least 4 members (excludes halogenated alkanes) is 1. The largest absolute Gasteiger partial charge is 0.217 e. The van der Waals surface area contributed by atoms with Crippen LogP contribution in [0.15, 0.2) is 115 Å². The molecule has 1 aromatic heterocycles. The highest BCUT2D eigenvalue weighted by Gasteiger charge is 2.32. The predicted molar refractivity (Wildman–Crippen MR) is 151 cm³/mol. The zero-order valence-corrected chi connectivity index (χ0v) is 21.0. The summed E-state index contributed by atoms with van der Waals surface area (Å²) in [6.07, 6.45) is 4.48. The molecule has 0 fully saturated rings. The Labute approximate surface area is 214 Å². The van der Waals surface area contributed by atoms with Crippen molar-refractivity contribution in [1.29, 1.82) is 0 Å². The van der Waals surface area contributed by atoms with E-state index in [0.717, 1.165) is 25.8 Å². The molecule has 36 heavy (non-hydrogen) atoms. The Hall–Kier alpha value is -3.97. The fraction of sp³-hybridized carbons (Fsp3) is 0.171. The van der Waals surface area contributed by atoms with Gasteiger partial charge in [-0.1, -0.05) is 104 Å². The van der Waals surface area contributed by atoms with Gasteiger partial charge in [0, 0.05) is 23.6 Å². The van der Waals surface area contributed by atoms with E-state index in [-0.39, 0.29) is 0 Å². The molecule has 0 spiro atoms. The number of nitrogens with zero attached hydrogens (tertiary/aromatic N) is 1. The van der Waals surface area contributed by atoms with Gasteiger partial charge in [-0.25, -0.2) is 0 Å². The second kappa shape index (κ2) is 9.95. The maximum absolute atomic E-state index is 2.62. The lowest BCUT2D eigenvalue weighted by atomic mass is 9.82. The molecule has 4 aromatic carbocycles. The number of aromatic nitrogens is 1. The molecule has 0 amide bonds. The average molecular weight is 467 g/mol. The Bertz CT molecular complexity index is 1480. The Balaban J connectivity index is 1.67. The predicted octanol–water partition coefficient (Wildman–Crippen LogP) is 8.54. The first kappa shape index (κ1) is 22.5. The van der Waals surface area contributed by atoms with Crippen molar-refractivity contribution in [3.63, 3.8) is 0 Å². The molecule has 0 bridgehead atoms. The maximum Gasteiger partial charge on any atom is 0.217 e. The molecule has 176 valence electrons. The van der Waals surface area contributed by atoms with Crippen LogP contribution >= 0.6 is 0 Å². The zero-order valence-electron chi connectivity index (χ0n) is 21.0. The lowest BCUT2D eigenvalue weighted by Crippen LogP contribution is -2.41. The maximum atomic E-state index is 2.62. The monoisotopic (exact) mass is 466 g/mol. The summed E-state index contributed by atoms with van der Waals surface area (Å²) < 4.78 is 2.62. The van der Waals surface area contributed by atoms with Crippen molar-refractivity contribution in [2.75, 3.05) is 0 Å². The van der Waals surface area contributed by atoms with Crippen LogP contribution in [0.25, 0.3) is 44.8 Å². The van der Waals surface area contributed by atoms with E-state index in [1.807, 2.05) is 0 Å². The van der Waals surface area contributed by atoms with Crippen molar-refractivity contribution in [2.45, 2.75) is 39.2 Å². The van der Waals surface area contributed by atoms with Crippen LogP contribution in [-0.4, -0.2) is 0 Å². The second-order valence-corrected chi connectivity index (χ2v) is 9.75. The van der Waals surface area contributed by atoms with Crippen molar-refractivity contribution < 1.29 is 4.57 Å². The summed E-state index contributed by atoms with van der Waals surface area (Å²) in [6, 6.07) is 42.2. The number of benzene rings is 4. The minimum absolute atomic E-state index is 1.02. The number of rotatable bonds is 6. The van der Waals surface area contributed by atoms with Gasteiger partial charge in [0.25, 0.3) is 0 Å². The standard InChI is InChI=1S/C35H32N/c1-2-3-23-36-34(29-17-11-6-12-18-29)25-32(27-15-9-5-10-16-27)31-22-21-28-19-20-30(24-33(28)35(31)36)26-13-7-4-8-14-26/h4-20,24-25H,2-3,21-23H2,1H3/q+1. The van der Waals surface area contributed by atoms with Crippen molar-refractivity contribution in [1.82, 2.24) is 0 Å². The molecule has 1 nitrogen and oxygen atoms in total. The Morgan fingerprint density at radius 1 is 0.583 bits per heavy atom. The first-order valence-corrected chi connectivity index (χ1v) is 13.2. The SMILES string of the molecule is CCCC[n+]1c(-c2ccccc2)cc(-c2ccccc2)c2c1-c1cc(-c3ccccc3)ccc1CC2. The van der Waals surface area contributed by atoms with Crippen LogP contribution in [-0.2, 0) is 19.4 Å². The van der Waals surface area contributed by atoms with Gasteiger partial charge in [-0.05, 0) is 58.9 Å². The summed E-state index contributed by atoms with van der Waals surface area (Å²) in [4.78, 5) is 0. The molecule has 1 heterocycles. The van der Waals surface area contributed by atoms with Crippen LogP contribution in [0.2, 0.25) is 0 Å². The van der Waals surface area contributed by atoms with E-state index in [9.17, 15) is 0 Å². The third kappa shape index (κ3) is 4.16. The van der Waals surface area contributed by atoms with Gasteiger partial charge in [0.15, 0.2) is 0 Å². The number of hydrogen-bond acceptors (Lipinski definition) is 0. The topological polar surface area (TPSA) is 3.88 Å². The molecular formula is C35H32N+. The quantitative estimate of drug-likeness (QED) is 0.221. The van der Waals surface area contributed by atoms with Gasteiger partial charge < -0.3 is 0 Å². The lowest BCUT2D eigenvalue weighted by Gasteiger charge is -2.24. The van der Waals surface area contributed by atoms with Crippen LogP contribution in [0.3, 0.4) is 0 Å². The molecule has 1 aliphatic carbocycles. The summed E-state index contributed by atoms with van der Waals surface area (Å²) >= 11 is 0. The fourth-order valence-electron chi connectivity index (χ4n) is 5.63. The zero-order chi connectivity index (χ0) is 24.3. The molecule has 0 N–H and O–H groups in total. The molecule has 1 aliphatic rings. The van der Waals surface area contributed by atoms with Gasteiger partial charge in [0.05, 0.1) is 5.56 Å². The van der Waals surface area contributed by atoms with E-state index in [0.29, 0.717) is 0 Å². The molecule has 0 atom stereocenters. The summed E-state index contributed by atoms with van der Waals surface area (Å²) in [5, 5.41) is 0. The number of hydrogen-bond donors (Lipinski definition) is 0. The van der Waals surface area contributed by atoms with Gasteiger partial charge in [-0.3, -0.25) is 0 Å². The van der Waals surface area contributed by atoms with E-state index in [4.69, 9.17) is 0 Å². The van der Waals surface area contributed by atoms with Crippen LogP contribution in [0.5, 0.6) is 0 Å². The van der Waals surface area contributed by atoms with Gasteiger partial charge in [0.1, 0.15) is 6.54 Å². The van der Waals surface area contributed by atoms with Gasteiger partial charge in [-0.15, -0.1) is 0 Å². The van der Waals surface area contributed by atoms with Crippen molar-refractivity contribution in [3.05, 3.63) is 126 Å². The Morgan fingerprint density at radius 3 is 1.89 bits per heavy atom. The van der Waals surface area contributed by atoms with Crippen LogP contribution in [0, 0.1) is 0 Å².